The van der Waals surface area contributed by atoms with Gasteiger partial charge in [-0.2, -0.15) is 0 Å². The number of carboxylic acid groups (broad SMARTS) is 1. The van der Waals surface area contributed by atoms with Crippen molar-refractivity contribution in [1.82, 2.24) is 0 Å². The molecule has 2 aromatic rings. The summed E-state index contributed by atoms with van der Waals surface area (Å²) in [7, 11) is 0. The third-order valence-corrected chi connectivity index (χ3v) is 4.17. The van der Waals surface area contributed by atoms with E-state index in [4.69, 9.17) is 5.11 Å². The summed E-state index contributed by atoms with van der Waals surface area (Å²) in [5.41, 5.74) is 0.818. The Kier molecular flexibility index (Phi) is 3.46. The maximum absolute atomic E-state index is 12.5. The molecule has 0 atom stereocenters. The number of rotatable bonds is 3. The predicted molar refractivity (Wildman–Crippen MR) is 82.8 cm³/mol. The normalized spacial score (nSPS) is 13.4. The molecular weight excluding hydrogens is 302 g/mol. The van der Waals surface area contributed by atoms with E-state index in [0.29, 0.717) is 5.69 Å². The molecule has 0 radical (unpaired) electrons. The molecule has 6 heteroatoms. The van der Waals surface area contributed by atoms with Crippen LogP contribution in [-0.2, 0) is 0 Å². The predicted octanol–water partition coefficient (Wildman–Crippen LogP) is 2.91. The van der Waals surface area contributed by atoms with Crippen LogP contribution in [0.2, 0.25) is 0 Å². The van der Waals surface area contributed by atoms with Crippen molar-refractivity contribution in [3.05, 3.63) is 59.2 Å². The number of aromatic carboxylic acids is 1. The Balaban J connectivity index is 2.08. The zero-order valence-corrected chi connectivity index (χ0v) is 12.4. The third kappa shape index (κ3) is 2.17. The van der Waals surface area contributed by atoms with Crippen LogP contribution in [0.15, 0.2) is 47.4 Å². The lowest BCUT2D eigenvalue weighted by atomic mass is 10.1. The summed E-state index contributed by atoms with van der Waals surface area (Å²) in [5, 5.41) is 9.01. The van der Waals surface area contributed by atoms with Crippen LogP contribution in [-0.4, -0.2) is 29.1 Å². The largest absolute Gasteiger partial charge is 0.478 e. The first-order valence-electron chi connectivity index (χ1n) is 6.43. The van der Waals surface area contributed by atoms with E-state index in [1.54, 1.807) is 18.2 Å². The summed E-state index contributed by atoms with van der Waals surface area (Å²) in [6, 6.07) is 11.0. The second kappa shape index (κ2) is 5.31. The van der Waals surface area contributed by atoms with Gasteiger partial charge in [-0.15, -0.1) is 11.8 Å². The Bertz CT molecular complexity index is 816. The van der Waals surface area contributed by atoms with Crippen molar-refractivity contribution >= 4 is 35.2 Å². The maximum atomic E-state index is 12.5. The van der Waals surface area contributed by atoms with Crippen LogP contribution in [0.25, 0.3) is 0 Å². The smallest absolute Gasteiger partial charge is 0.335 e. The Labute approximate surface area is 130 Å². The van der Waals surface area contributed by atoms with E-state index in [2.05, 4.69) is 0 Å². The van der Waals surface area contributed by atoms with E-state index >= 15 is 0 Å². The molecule has 1 N–H and O–H groups in total. The molecule has 0 aliphatic carbocycles. The molecule has 0 bridgehead atoms. The van der Waals surface area contributed by atoms with Crippen LogP contribution in [0.3, 0.4) is 0 Å². The van der Waals surface area contributed by atoms with Gasteiger partial charge in [0.15, 0.2) is 0 Å². The van der Waals surface area contributed by atoms with Gasteiger partial charge in [0.05, 0.1) is 22.4 Å². The molecule has 0 saturated heterocycles. The first-order chi connectivity index (χ1) is 10.5. The summed E-state index contributed by atoms with van der Waals surface area (Å²) in [6.45, 7) is 0. The monoisotopic (exact) mass is 313 g/mol. The molecule has 0 unspecified atom stereocenters. The van der Waals surface area contributed by atoms with Gasteiger partial charge in [-0.1, -0.05) is 6.07 Å². The zero-order chi connectivity index (χ0) is 15.9. The molecule has 1 heterocycles. The summed E-state index contributed by atoms with van der Waals surface area (Å²) in [4.78, 5) is 37.9. The fourth-order valence-corrected chi connectivity index (χ4v) is 2.81. The van der Waals surface area contributed by atoms with E-state index in [0.717, 1.165) is 9.80 Å². The molecule has 22 heavy (non-hydrogen) atoms. The van der Waals surface area contributed by atoms with Gasteiger partial charge in [0, 0.05) is 4.90 Å². The highest BCUT2D eigenvalue weighted by Crippen LogP contribution is 2.31. The lowest BCUT2D eigenvalue weighted by Crippen LogP contribution is -2.29. The van der Waals surface area contributed by atoms with Gasteiger partial charge in [0.2, 0.25) is 0 Å². The summed E-state index contributed by atoms with van der Waals surface area (Å²) >= 11 is 1.51. The molecule has 0 fully saturated rings. The number of fused-ring (bicyclic) bond motifs is 1. The second-order valence-electron chi connectivity index (χ2n) is 4.71. The lowest BCUT2D eigenvalue weighted by molar-refractivity contribution is 0.0696. The van der Waals surface area contributed by atoms with E-state index < -0.39 is 17.8 Å². The summed E-state index contributed by atoms with van der Waals surface area (Å²) in [5.74, 6) is -2.07. The van der Waals surface area contributed by atoms with Crippen LogP contribution >= 0.6 is 11.8 Å². The number of hydrogen-bond donors (Lipinski definition) is 1. The first-order valence-corrected chi connectivity index (χ1v) is 7.65. The van der Waals surface area contributed by atoms with Gasteiger partial charge in [-0.05, 0) is 42.7 Å². The minimum absolute atomic E-state index is 0.0142. The zero-order valence-electron chi connectivity index (χ0n) is 11.6. The minimum atomic E-state index is -1.13. The SMILES string of the molecule is CSc1cccc(N2C(=O)c3ccc(C(=O)O)cc3C2=O)c1. The third-order valence-electron chi connectivity index (χ3n) is 3.45. The highest BCUT2D eigenvalue weighted by Gasteiger charge is 2.37. The van der Waals surface area contributed by atoms with Crippen molar-refractivity contribution < 1.29 is 19.5 Å². The number of amides is 2. The Morgan fingerprint density at radius 1 is 1.05 bits per heavy atom. The van der Waals surface area contributed by atoms with Gasteiger partial charge in [-0.3, -0.25) is 9.59 Å². The van der Waals surface area contributed by atoms with E-state index in [1.165, 1.54) is 30.0 Å². The molecule has 3 rings (SSSR count). The fraction of sp³-hybridized carbons (Fsp3) is 0.0625. The number of imide groups is 1. The van der Waals surface area contributed by atoms with Crippen molar-refractivity contribution in [3.8, 4) is 0 Å². The number of hydrogen-bond acceptors (Lipinski definition) is 4. The Morgan fingerprint density at radius 2 is 1.77 bits per heavy atom. The number of benzene rings is 2. The highest BCUT2D eigenvalue weighted by molar-refractivity contribution is 7.98. The molecule has 1 aliphatic rings. The Hall–Kier alpha value is -2.60. The van der Waals surface area contributed by atoms with Gasteiger partial charge >= 0.3 is 5.97 Å². The molecule has 5 nitrogen and oxygen atoms in total. The standard InChI is InChI=1S/C16H11NO4S/c1-22-11-4-2-3-10(8-11)17-14(18)12-6-5-9(16(20)21)7-13(12)15(17)19/h2-8H,1H3,(H,20,21). The van der Waals surface area contributed by atoms with E-state index in [1.807, 2.05) is 12.3 Å². The molecule has 2 amide bonds. The van der Waals surface area contributed by atoms with Crippen LogP contribution in [0, 0.1) is 0 Å². The summed E-state index contributed by atoms with van der Waals surface area (Å²) < 4.78 is 0. The Morgan fingerprint density at radius 3 is 2.45 bits per heavy atom. The molecular formula is C16H11NO4S. The van der Waals surface area contributed by atoms with E-state index in [-0.39, 0.29) is 16.7 Å². The van der Waals surface area contributed by atoms with E-state index in [9.17, 15) is 14.4 Å². The van der Waals surface area contributed by atoms with Crippen molar-refractivity contribution in [2.24, 2.45) is 0 Å². The average Bonchev–Trinajstić information content (AvgIpc) is 2.78. The van der Waals surface area contributed by atoms with Crippen molar-refractivity contribution in [3.63, 3.8) is 0 Å². The topological polar surface area (TPSA) is 74.7 Å². The molecule has 110 valence electrons. The molecule has 1 aliphatic heterocycles. The van der Waals surface area contributed by atoms with Crippen LogP contribution in [0.1, 0.15) is 31.1 Å². The fourth-order valence-electron chi connectivity index (χ4n) is 2.36. The number of carboxylic acids is 1. The minimum Gasteiger partial charge on any atom is -0.478 e. The number of carbonyl (C=O) groups is 3. The number of anilines is 1. The highest BCUT2D eigenvalue weighted by atomic mass is 32.2. The number of nitrogens with zero attached hydrogens (tertiary/aromatic N) is 1. The van der Waals surface area contributed by atoms with Crippen LogP contribution in [0.5, 0.6) is 0 Å². The lowest BCUT2D eigenvalue weighted by Gasteiger charge is -2.14. The molecule has 2 aromatic carbocycles. The van der Waals surface area contributed by atoms with Gasteiger partial charge < -0.3 is 5.11 Å². The van der Waals surface area contributed by atoms with Gasteiger partial charge in [0.1, 0.15) is 0 Å². The van der Waals surface area contributed by atoms with Crippen molar-refractivity contribution in [2.45, 2.75) is 4.90 Å². The number of carbonyl (C=O) groups excluding carboxylic acids is 2. The van der Waals surface area contributed by atoms with Crippen LogP contribution in [0.4, 0.5) is 5.69 Å². The van der Waals surface area contributed by atoms with Crippen LogP contribution < -0.4 is 4.90 Å². The van der Waals surface area contributed by atoms with Crippen molar-refractivity contribution in [1.29, 1.82) is 0 Å². The van der Waals surface area contributed by atoms with Crippen molar-refractivity contribution in [2.75, 3.05) is 11.2 Å². The molecule has 0 aromatic heterocycles. The van der Waals surface area contributed by atoms with Gasteiger partial charge in [-0.25, -0.2) is 9.69 Å². The quantitative estimate of drug-likeness (QED) is 0.696. The number of thioether (sulfide) groups is 1. The average molecular weight is 313 g/mol. The second-order valence-corrected chi connectivity index (χ2v) is 5.59. The summed E-state index contributed by atoms with van der Waals surface area (Å²) in [6.07, 6.45) is 1.90. The maximum Gasteiger partial charge on any atom is 0.335 e. The first kappa shape index (κ1) is 14.3. The van der Waals surface area contributed by atoms with Gasteiger partial charge in [0.25, 0.3) is 11.8 Å². The molecule has 0 spiro atoms. The molecule has 0 saturated carbocycles.